The minimum Gasteiger partial charge on any atom is -0.395 e. The number of nitrogens with one attached hydrogen (secondary N) is 2. The Morgan fingerprint density at radius 1 is 1.14 bits per heavy atom. The number of halogens is 1. The molecule has 3 unspecified atom stereocenters. The molecule has 9 heteroatoms. The van der Waals surface area contributed by atoms with Crippen LogP contribution in [0, 0.1) is 17.8 Å². The van der Waals surface area contributed by atoms with Crippen molar-refractivity contribution >= 4 is 35.0 Å². The Morgan fingerprint density at radius 3 is 2.53 bits per heavy atom. The van der Waals surface area contributed by atoms with Crippen molar-refractivity contribution in [3.63, 3.8) is 0 Å². The van der Waals surface area contributed by atoms with Crippen molar-refractivity contribution in [2.45, 2.75) is 44.1 Å². The first kappa shape index (κ1) is 24.7. The van der Waals surface area contributed by atoms with E-state index in [0.717, 1.165) is 5.56 Å². The predicted octanol–water partition coefficient (Wildman–Crippen LogP) is 2.60. The Balaban J connectivity index is 1.48. The topological polar surface area (TPSA) is 108 Å². The van der Waals surface area contributed by atoms with E-state index in [1.54, 1.807) is 24.3 Å². The van der Waals surface area contributed by atoms with Crippen LogP contribution in [0.3, 0.4) is 0 Å². The fourth-order valence-electron chi connectivity index (χ4n) is 6.45. The molecule has 3 saturated heterocycles. The van der Waals surface area contributed by atoms with Gasteiger partial charge in [0.25, 0.3) is 0 Å². The third-order valence-corrected chi connectivity index (χ3v) is 8.46. The van der Waals surface area contributed by atoms with Gasteiger partial charge in [0.15, 0.2) is 0 Å². The molecule has 3 heterocycles. The second kappa shape index (κ2) is 9.18. The number of fused-ring (bicyclic) bond motifs is 1. The zero-order chi connectivity index (χ0) is 25.7. The van der Waals surface area contributed by atoms with E-state index in [1.807, 2.05) is 44.2 Å². The Labute approximate surface area is 215 Å². The molecule has 5 rings (SSSR count). The van der Waals surface area contributed by atoms with E-state index >= 15 is 0 Å². The van der Waals surface area contributed by atoms with Gasteiger partial charge in [-0.05, 0) is 37.0 Å². The molecule has 2 bridgehead atoms. The third-order valence-electron chi connectivity index (χ3n) is 8.13. The van der Waals surface area contributed by atoms with Crippen LogP contribution in [-0.4, -0.2) is 58.1 Å². The summed E-state index contributed by atoms with van der Waals surface area (Å²) in [7, 11) is 0. The van der Waals surface area contributed by atoms with Crippen molar-refractivity contribution in [2.24, 2.45) is 17.8 Å². The van der Waals surface area contributed by atoms with Crippen LogP contribution in [0.15, 0.2) is 54.6 Å². The summed E-state index contributed by atoms with van der Waals surface area (Å²) in [5.74, 6) is -2.74. The normalized spacial score (nSPS) is 32.4. The van der Waals surface area contributed by atoms with E-state index in [9.17, 15) is 19.5 Å². The number of ether oxygens (including phenoxy) is 1. The molecule has 6 atom stereocenters. The van der Waals surface area contributed by atoms with E-state index in [1.165, 1.54) is 4.90 Å². The van der Waals surface area contributed by atoms with Gasteiger partial charge in [0.1, 0.15) is 11.6 Å². The van der Waals surface area contributed by atoms with Crippen molar-refractivity contribution in [3.8, 4) is 0 Å². The minimum absolute atomic E-state index is 0.0372. The van der Waals surface area contributed by atoms with Crippen LogP contribution in [0.4, 0.5) is 5.69 Å². The van der Waals surface area contributed by atoms with E-state index in [2.05, 4.69) is 10.6 Å². The summed E-state index contributed by atoms with van der Waals surface area (Å²) < 4.78 is 6.62. The van der Waals surface area contributed by atoms with E-state index < -0.39 is 35.0 Å². The molecule has 3 fully saturated rings. The number of carbonyl (C=O) groups is 3. The maximum absolute atomic E-state index is 13.8. The highest BCUT2D eigenvalue weighted by molar-refractivity contribution is 6.33. The van der Waals surface area contributed by atoms with Crippen molar-refractivity contribution in [3.05, 3.63) is 65.2 Å². The maximum atomic E-state index is 13.8. The fraction of sp³-hybridized carbons (Fsp3) is 0.444. The number of para-hydroxylation sites is 1. The SMILES string of the molecule is CC1CC23O[C@@]1(C)[C@H](C(=O)NCc1ccccc1)[C@H]2C(=O)N(CCO)C3C(=O)Nc1ccccc1Cl. The number of aliphatic hydroxyl groups is 1. The number of β-amino-alcohol motifs (C(OH)–C–C–N with tert-alkyl or cyclic N) is 1. The number of aliphatic hydroxyl groups excluding tert-OH is 1. The Hall–Kier alpha value is -2.94. The van der Waals surface area contributed by atoms with Crippen LogP contribution in [0.2, 0.25) is 5.02 Å². The van der Waals surface area contributed by atoms with Crippen LogP contribution in [0.1, 0.15) is 25.8 Å². The lowest BCUT2D eigenvalue weighted by Gasteiger charge is -2.36. The third kappa shape index (κ3) is 3.70. The van der Waals surface area contributed by atoms with Crippen LogP contribution in [0.5, 0.6) is 0 Å². The number of rotatable bonds is 7. The first-order valence-electron chi connectivity index (χ1n) is 12.2. The lowest BCUT2D eigenvalue weighted by Crippen LogP contribution is -2.54. The van der Waals surface area contributed by atoms with E-state index in [-0.39, 0.29) is 30.9 Å². The molecular weight excluding hydrogens is 482 g/mol. The van der Waals surface area contributed by atoms with Gasteiger partial charge in [0.2, 0.25) is 17.7 Å². The lowest BCUT2D eigenvalue weighted by atomic mass is 9.62. The van der Waals surface area contributed by atoms with Gasteiger partial charge in [-0.1, -0.05) is 61.0 Å². The smallest absolute Gasteiger partial charge is 0.250 e. The zero-order valence-electron chi connectivity index (χ0n) is 20.2. The molecule has 0 radical (unpaired) electrons. The zero-order valence-corrected chi connectivity index (χ0v) is 21.0. The molecule has 3 aliphatic heterocycles. The molecule has 3 aliphatic rings. The predicted molar refractivity (Wildman–Crippen MR) is 134 cm³/mol. The van der Waals surface area contributed by atoms with Gasteiger partial charge in [-0.15, -0.1) is 0 Å². The van der Waals surface area contributed by atoms with Gasteiger partial charge in [-0.3, -0.25) is 14.4 Å². The molecular formula is C27H30ClN3O5. The van der Waals surface area contributed by atoms with Gasteiger partial charge in [-0.25, -0.2) is 0 Å². The van der Waals surface area contributed by atoms with Gasteiger partial charge in [-0.2, -0.15) is 0 Å². The number of likely N-dealkylation sites (tertiary alicyclic amines) is 1. The molecule has 2 aromatic carbocycles. The van der Waals surface area contributed by atoms with Gasteiger partial charge in [0, 0.05) is 13.1 Å². The standard InChI is InChI=1S/C27H30ClN3O5/c1-16-14-27-21(20(26(16,2)36-27)23(33)29-15-17-8-4-3-5-9-17)25(35)31(12-13-32)22(27)24(34)30-19-11-7-6-10-18(19)28/h3-11,16,20-22,32H,12-15H2,1-2H3,(H,29,33)(H,30,34)/t16?,20-,21-,22?,26+,27?/m0/s1. The molecule has 3 amide bonds. The average Bonchev–Trinajstić information content (AvgIpc) is 3.37. The number of hydrogen-bond acceptors (Lipinski definition) is 5. The summed E-state index contributed by atoms with van der Waals surface area (Å²) in [5, 5.41) is 15.9. The van der Waals surface area contributed by atoms with Gasteiger partial charge >= 0.3 is 0 Å². The molecule has 1 spiro atoms. The van der Waals surface area contributed by atoms with Crippen molar-refractivity contribution in [1.29, 1.82) is 0 Å². The molecule has 36 heavy (non-hydrogen) atoms. The minimum atomic E-state index is -1.18. The Morgan fingerprint density at radius 2 is 1.83 bits per heavy atom. The second-order valence-electron chi connectivity index (χ2n) is 10.1. The first-order valence-corrected chi connectivity index (χ1v) is 12.6. The molecule has 2 aromatic rings. The highest BCUT2D eigenvalue weighted by Gasteiger charge is 2.79. The van der Waals surface area contributed by atoms with Crippen molar-refractivity contribution in [2.75, 3.05) is 18.5 Å². The average molecular weight is 512 g/mol. The molecule has 0 aliphatic carbocycles. The first-order chi connectivity index (χ1) is 17.2. The molecule has 8 nitrogen and oxygen atoms in total. The largest absolute Gasteiger partial charge is 0.395 e. The van der Waals surface area contributed by atoms with Gasteiger partial charge < -0.3 is 25.4 Å². The maximum Gasteiger partial charge on any atom is 0.250 e. The van der Waals surface area contributed by atoms with Gasteiger partial charge in [0.05, 0.1) is 34.8 Å². The molecule has 190 valence electrons. The molecule has 0 saturated carbocycles. The number of amides is 3. The van der Waals surface area contributed by atoms with Crippen LogP contribution in [0.25, 0.3) is 0 Å². The summed E-state index contributed by atoms with van der Waals surface area (Å²) >= 11 is 6.27. The number of anilines is 1. The summed E-state index contributed by atoms with van der Waals surface area (Å²) in [4.78, 5) is 42.4. The summed E-state index contributed by atoms with van der Waals surface area (Å²) in [6.45, 7) is 3.83. The Bertz CT molecular complexity index is 1190. The summed E-state index contributed by atoms with van der Waals surface area (Å²) in [5.41, 5.74) is -0.723. The van der Waals surface area contributed by atoms with E-state index in [4.69, 9.17) is 16.3 Å². The second-order valence-corrected chi connectivity index (χ2v) is 10.5. The monoisotopic (exact) mass is 511 g/mol. The van der Waals surface area contributed by atoms with Crippen LogP contribution < -0.4 is 10.6 Å². The molecule has 0 aromatic heterocycles. The summed E-state index contributed by atoms with van der Waals surface area (Å²) in [6.07, 6.45) is 0.449. The number of benzene rings is 2. The highest BCUT2D eigenvalue weighted by Crippen LogP contribution is 2.65. The number of carbonyl (C=O) groups excluding carboxylic acids is 3. The summed E-state index contributed by atoms with van der Waals surface area (Å²) in [6, 6.07) is 15.4. The number of nitrogens with zero attached hydrogens (tertiary/aromatic N) is 1. The fourth-order valence-corrected chi connectivity index (χ4v) is 6.63. The van der Waals surface area contributed by atoms with E-state index in [0.29, 0.717) is 23.7 Å². The van der Waals surface area contributed by atoms with Crippen LogP contribution in [-0.2, 0) is 25.7 Å². The van der Waals surface area contributed by atoms with Crippen molar-refractivity contribution in [1.82, 2.24) is 10.2 Å². The Kier molecular flexibility index (Phi) is 6.31. The highest BCUT2D eigenvalue weighted by atomic mass is 35.5. The lowest BCUT2D eigenvalue weighted by molar-refractivity contribution is -0.146. The quantitative estimate of drug-likeness (QED) is 0.529. The van der Waals surface area contributed by atoms with Crippen molar-refractivity contribution < 1.29 is 24.2 Å². The number of hydrogen-bond donors (Lipinski definition) is 3. The van der Waals surface area contributed by atoms with Crippen LogP contribution >= 0.6 is 11.6 Å². The molecule has 3 N–H and O–H groups in total.